The van der Waals surface area contributed by atoms with Crippen molar-refractivity contribution in [2.75, 3.05) is 7.11 Å². The molecule has 2 nitrogen and oxygen atoms in total. The molecule has 1 aliphatic rings. The minimum Gasteiger partial charge on any atom is -0.494 e. The number of Topliss-reactive ketones (excluding diaryl/α,β-unsaturated/α-hetero) is 1. The van der Waals surface area contributed by atoms with Crippen LogP contribution in [-0.4, -0.2) is 12.9 Å². The Kier molecular flexibility index (Phi) is 5.16. The van der Waals surface area contributed by atoms with E-state index in [-0.39, 0.29) is 23.0 Å². The zero-order valence-electron chi connectivity index (χ0n) is 12.3. The van der Waals surface area contributed by atoms with Crippen LogP contribution in [0.4, 0.5) is 4.39 Å². The second-order valence-corrected chi connectivity index (χ2v) is 5.69. The summed E-state index contributed by atoms with van der Waals surface area (Å²) < 4.78 is 19.1. The Bertz CT molecular complexity index is 462. The summed E-state index contributed by atoms with van der Waals surface area (Å²) in [5.41, 5.74) is 0.184. The molecule has 1 fully saturated rings. The van der Waals surface area contributed by atoms with E-state index < -0.39 is 5.82 Å². The van der Waals surface area contributed by atoms with Gasteiger partial charge in [-0.1, -0.05) is 25.8 Å². The second kappa shape index (κ2) is 6.87. The first-order valence-electron chi connectivity index (χ1n) is 7.54. The summed E-state index contributed by atoms with van der Waals surface area (Å²) in [7, 11) is 1.42. The molecule has 0 bridgehead atoms. The van der Waals surface area contributed by atoms with Crippen molar-refractivity contribution in [1.82, 2.24) is 0 Å². The van der Waals surface area contributed by atoms with Crippen molar-refractivity contribution in [2.24, 2.45) is 11.8 Å². The van der Waals surface area contributed by atoms with Crippen molar-refractivity contribution in [3.05, 3.63) is 29.6 Å². The summed E-state index contributed by atoms with van der Waals surface area (Å²) >= 11 is 0. The van der Waals surface area contributed by atoms with Gasteiger partial charge >= 0.3 is 0 Å². The molecule has 110 valence electrons. The van der Waals surface area contributed by atoms with Gasteiger partial charge in [-0.2, -0.15) is 0 Å². The zero-order chi connectivity index (χ0) is 14.5. The molecule has 0 aromatic heterocycles. The minimum atomic E-state index is -0.518. The fourth-order valence-electron chi connectivity index (χ4n) is 3.20. The van der Waals surface area contributed by atoms with Gasteiger partial charge in [-0.05, 0) is 43.7 Å². The lowest BCUT2D eigenvalue weighted by molar-refractivity contribution is 0.0865. The highest BCUT2D eigenvalue weighted by Gasteiger charge is 2.28. The van der Waals surface area contributed by atoms with E-state index in [0.29, 0.717) is 0 Å². The molecule has 0 unspecified atom stereocenters. The molecule has 0 radical (unpaired) electrons. The number of halogens is 1. The molecule has 2 rings (SSSR count). The van der Waals surface area contributed by atoms with Crippen LogP contribution in [0.2, 0.25) is 0 Å². The number of ketones is 1. The van der Waals surface area contributed by atoms with Crippen LogP contribution in [0.3, 0.4) is 0 Å². The summed E-state index contributed by atoms with van der Waals surface area (Å²) in [6, 6.07) is 4.79. The molecule has 0 N–H and O–H groups in total. The summed E-state index contributed by atoms with van der Waals surface area (Å²) in [6.45, 7) is 2.20. The Morgan fingerprint density at radius 3 is 2.60 bits per heavy atom. The van der Waals surface area contributed by atoms with Gasteiger partial charge in [0.25, 0.3) is 0 Å². The van der Waals surface area contributed by atoms with E-state index in [9.17, 15) is 9.18 Å². The van der Waals surface area contributed by atoms with Gasteiger partial charge in [0.2, 0.25) is 0 Å². The standard InChI is InChI=1S/C17H23FO2/c1-3-5-12-8-10-13(11-9-12)17(19)14-6-4-7-15(20-2)16(14)18/h4,6-7,12-13H,3,5,8-11H2,1-2H3. The van der Waals surface area contributed by atoms with Crippen LogP contribution in [0.15, 0.2) is 18.2 Å². The Labute approximate surface area is 120 Å². The molecular weight excluding hydrogens is 255 g/mol. The second-order valence-electron chi connectivity index (χ2n) is 5.69. The van der Waals surface area contributed by atoms with E-state index >= 15 is 0 Å². The van der Waals surface area contributed by atoms with Crippen molar-refractivity contribution in [3.63, 3.8) is 0 Å². The minimum absolute atomic E-state index is 0.0234. The van der Waals surface area contributed by atoms with E-state index in [2.05, 4.69) is 6.92 Å². The van der Waals surface area contributed by atoms with E-state index in [0.717, 1.165) is 31.6 Å². The van der Waals surface area contributed by atoms with Crippen LogP contribution in [0.1, 0.15) is 55.8 Å². The summed E-state index contributed by atoms with van der Waals surface area (Å²) in [5, 5.41) is 0. The number of benzene rings is 1. The molecule has 1 aromatic carbocycles. The van der Waals surface area contributed by atoms with Gasteiger partial charge in [-0.3, -0.25) is 4.79 Å². The molecule has 3 heteroatoms. The Morgan fingerprint density at radius 1 is 1.30 bits per heavy atom. The molecule has 1 aliphatic carbocycles. The van der Waals surface area contributed by atoms with Crippen molar-refractivity contribution >= 4 is 5.78 Å². The molecule has 0 saturated heterocycles. The van der Waals surface area contributed by atoms with Gasteiger partial charge in [-0.25, -0.2) is 4.39 Å². The largest absolute Gasteiger partial charge is 0.494 e. The summed E-state index contributed by atoms with van der Waals surface area (Å²) in [4.78, 5) is 12.5. The Balaban J connectivity index is 2.06. The zero-order valence-corrected chi connectivity index (χ0v) is 12.3. The molecule has 0 heterocycles. The number of hydrogen-bond acceptors (Lipinski definition) is 2. The van der Waals surface area contributed by atoms with Gasteiger partial charge < -0.3 is 4.74 Å². The monoisotopic (exact) mass is 278 g/mol. The highest BCUT2D eigenvalue weighted by atomic mass is 19.1. The number of carbonyl (C=O) groups is 1. The molecule has 0 spiro atoms. The lowest BCUT2D eigenvalue weighted by Gasteiger charge is -2.27. The third-order valence-corrected chi connectivity index (χ3v) is 4.36. The van der Waals surface area contributed by atoms with E-state index in [1.807, 2.05) is 0 Å². The van der Waals surface area contributed by atoms with E-state index in [1.54, 1.807) is 18.2 Å². The van der Waals surface area contributed by atoms with Crippen molar-refractivity contribution < 1.29 is 13.9 Å². The average Bonchev–Trinajstić information content (AvgIpc) is 2.48. The third kappa shape index (κ3) is 3.20. The normalized spacial score (nSPS) is 22.6. The molecule has 20 heavy (non-hydrogen) atoms. The van der Waals surface area contributed by atoms with Crippen LogP contribution in [-0.2, 0) is 0 Å². The van der Waals surface area contributed by atoms with Crippen molar-refractivity contribution in [2.45, 2.75) is 45.4 Å². The predicted molar refractivity (Wildman–Crippen MR) is 77.6 cm³/mol. The van der Waals surface area contributed by atoms with Crippen molar-refractivity contribution in [3.8, 4) is 5.75 Å². The topological polar surface area (TPSA) is 26.3 Å². The number of carbonyl (C=O) groups excluding carboxylic acids is 1. The highest BCUT2D eigenvalue weighted by molar-refractivity contribution is 5.98. The van der Waals surface area contributed by atoms with Crippen molar-refractivity contribution in [1.29, 1.82) is 0 Å². The van der Waals surface area contributed by atoms with Gasteiger partial charge in [0.1, 0.15) is 0 Å². The fourth-order valence-corrected chi connectivity index (χ4v) is 3.20. The number of methoxy groups -OCH3 is 1. The van der Waals surface area contributed by atoms with Crippen LogP contribution in [0.5, 0.6) is 5.75 Å². The Hall–Kier alpha value is -1.38. The first kappa shape index (κ1) is 15.0. The SMILES string of the molecule is CCCC1CCC(C(=O)c2cccc(OC)c2F)CC1. The molecule has 0 aliphatic heterocycles. The lowest BCUT2D eigenvalue weighted by atomic mass is 9.77. The number of hydrogen-bond donors (Lipinski definition) is 0. The predicted octanol–water partition coefficient (Wildman–Crippen LogP) is 4.62. The quantitative estimate of drug-likeness (QED) is 0.734. The fraction of sp³-hybridized carbons (Fsp3) is 0.588. The summed E-state index contributed by atoms with van der Waals surface area (Å²) in [6.07, 6.45) is 6.41. The highest BCUT2D eigenvalue weighted by Crippen LogP contribution is 2.34. The first-order chi connectivity index (χ1) is 9.67. The molecule has 1 aromatic rings. The molecule has 1 saturated carbocycles. The average molecular weight is 278 g/mol. The number of rotatable bonds is 5. The molecule has 0 amide bonds. The van der Waals surface area contributed by atoms with E-state index in [1.165, 1.54) is 20.0 Å². The van der Waals surface area contributed by atoms with Crippen LogP contribution >= 0.6 is 0 Å². The maximum atomic E-state index is 14.1. The molecule has 0 atom stereocenters. The van der Waals surface area contributed by atoms with Gasteiger partial charge in [0.05, 0.1) is 12.7 Å². The smallest absolute Gasteiger partial charge is 0.175 e. The lowest BCUT2D eigenvalue weighted by Crippen LogP contribution is -2.22. The maximum absolute atomic E-state index is 14.1. The third-order valence-electron chi connectivity index (χ3n) is 4.36. The maximum Gasteiger partial charge on any atom is 0.175 e. The summed E-state index contributed by atoms with van der Waals surface area (Å²) in [5.74, 6) is 0.298. The van der Waals surface area contributed by atoms with Crippen LogP contribution in [0, 0.1) is 17.7 Å². The van der Waals surface area contributed by atoms with Gasteiger partial charge in [0, 0.05) is 5.92 Å². The molecular formula is C17H23FO2. The first-order valence-corrected chi connectivity index (χ1v) is 7.54. The van der Waals surface area contributed by atoms with E-state index in [4.69, 9.17) is 4.74 Å². The van der Waals surface area contributed by atoms with Crippen LogP contribution in [0.25, 0.3) is 0 Å². The van der Waals surface area contributed by atoms with Crippen LogP contribution < -0.4 is 4.74 Å². The van der Waals surface area contributed by atoms with Gasteiger partial charge in [-0.15, -0.1) is 0 Å². The number of ether oxygens (including phenoxy) is 1. The van der Waals surface area contributed by atoms with Gasteiger partial charge in [0.15, 0.2) is 17.3 Å². The Morgan fingerprint density at radius 2 is 2.00 bits per heavy atom.